The van der Waals surface area contributed by atoms with E-state index in [4.69, 9.17) is 14.2 Å². The van der Waals surface area contributed by atoms with Gasteiger partial charge in [0.25, 0.3) is 0 Å². The van der Waals surface area contributed by atoms with Gasteiger partial charge in [-0.15, -0.1) is 0 Å². The van der Waals surface area contributed by atoms with Crippen LogP contribution in [0.3, 0.4) is 0 Å². The number of hydrogen-bond donors (Lipinski definition) is 0. The first-order valence-electron chi connectivity index (χ1n) is 10.0. The van der Waals surface area contributed by atoms with Gasteiger partial charge in [-0.1, -0.05) is 0 Å². The second-order valence-corrected chi connectivity index (χ2v) is 9.88. The van der Waals surface area contributed by atoms with E-state index in [0.29, 0.717) is 45.1 Å². The van der Waals surface area contributed by atoms with Gasteiger partial charge in [0.2, 0.25) is 10.0 Å². The number of hydrogen-bond acceptors (Lipinski definition) is 5. The van der Waals surface area contributed by atoms with Crippen molar-refractivity contribution in [1.82, 2.24) is 4.31 Å². The van der Waals surface area contributed by atoms with Crippen LogP contribution in [0, 0.1) is 11.6 Å². The maximum Gasteiger partial charge on any atom is 0.243 e. The van der Waals surface area contributed by atoms with Gasteiger partial charge < -0.3 is 14.2 Å². The van der Waals surface area contributed by atoms with Crippen molar-refractivity contribution < 1.29 is 31.4 Å². The fourth-order valence-corrected chi connectivity index (χ4v) is 5.42. The Balaban J connectivity index is 1.57. The van der Waals surface area contributed by atoms with Crippen LogP contribution < -0.4 is 0 Å². The van der Waals surface area contributed by atoms with Crippen LogP contribution in [0.4, 0.5) is 8.78 Å². The summed E-state index contributed by atoms with van der Waals surface area (Å²) in [6, 6.07) is 2.36. The van der Waals surface area contributed by atoms with Gasteiger partial charge in [-0.3, -0.25) is 0 Å². The molecule has 164 valence electrons. The summed E-state index contributed by atoms with van der Waals surface area (Å²) in [6.07, 6.45) is 2.77. The number of halogens is 2. The van der Waals surface area contributed by atoms with Gasteiger partial charge in [-0.05, 0) is 45.2 Å². The molecule has 6 nitrogen and oxygen atoms in total. The van der Waals surface area contributed by atoms with E-state index in [-0.39, 0.29) is 30.2 Å². The average molecular weight is 434 g/mol. The molecule has 0 saturated carbocycles. The van der Waals surface area contributed by atoms with Gasteiger partial charge in [0, 0.05) is 32.2 Å². The van der Waals surface area contributed by atoms with E-state index in [1.165, 1.54) is 4.31 Å². The Bertz CT molecular complexity index is 774. The van der Waals surface area contributed by atoms with E-state index < -0.39 is 27.3 Å². The normalized spacial score (nSPS) is 23.0. The Morgan fingerprint density at radius 3 is 2.45 bits per heavy atom. The molecule has 2 heterocycles. The van der Waals surface area contributed by atoms with Crippen LogP contribution in [0.25, 0.3) is 0 Å². The van der Waals surface area contributed by atoms with Crippen molar-refractivity contribution >= 4 is 10.0 Å². The minimum atomic E-state index is -3.95. The van der Waals surface area contributed by atoms with E-state index in [1.54, 1.807) is 0 Å². The van der Waals surface area contributed by atoms with E-state index >= 15 is 0 Å². The van der Waals surface area contributed by atoms with Crippen molar-refractivity contribution in [3.63, 3.8) is 0 Å². The quantitative estimate of drug-likeness (QED) is 0.619. The molecule has 9 heteroatoms. The maximum atomic E-state index is 13.5. The molecule has 2 fully saturated rings. The largest absolute Gasteiger partial charge is 0.376 e. The molecule has 0 amide bonds. The van der Waals surface area contributed by atoms with Crippen molar-refractivity contribution in [3.05, 3.63) is 29.8 Å². The van der Waals surface area contributed by atoms with Crippen LogP contribution in [-0.2, 0) is 24.2 Å². The molecule has 2 aliphatic rings. The number of piperidine rings is 1. The second kappa shape index (κ2) is 9.34. The zero-order valence-corrected chi connectivity index (χ0v) is 17.7. The van der Waals surface area contributed by atoms with Gasteiger partial charge in [-0.2, -0.15) is 4.31 Å². The summed E-state index contributed by atoms with van der Waals surface area (Å²) in [5.41, 5.74) is -0.416. The van der Waals surface area contributed by atoms with Crippen molar-refractivity contribution in [2.75, 3.05) is 32.9 Å². The zero-order chi connectivity index (χ0) is 21.1. The lowest BCUT2D eigenvalue weighted by Crippen LogP contribution is -2.52. The summed E-state index contributed by atoms with van der Waals surface area (Å²) in [6.45, 7) is 6.06. The van der Waals surface area contributed by atoms with Crippen LogP contribution in [0.15, 0.2) is 23.1 Å². The topological polar surface area (TPSA) is 65.1 Å². The molecular formula is C20H29F2NO5S. The van der Waals surface area contributed by atoms with Crippen LogP contribution in [0.1, 0.15) is 39.5 Å². The minimum absolute atomic E-state index is 0.0555. The van der Waals surface area contributed by atoms with E-state index in [9.17, 15) is 17.2 Å². The molecule has 0 aromatic heterocycles. The monoisotopic (exact) mass is 433 g/mol. The molecule has 0 radical (unpaired) electrons. The molecule has 0 N–H and O–H groups in total. The Morgan fingerprint density at radius 1 is 1.17 bits per heavy atom. The third-order valence-corrected chi connectivity index (χ3v) is 7.32. The molecule has 2 saturated heterocycles. The van der Waals surface area contributed by atoms with E-state index in [2.05, 4.69) is 0 Å². The molecule has 1 aromatic rings. The predicted molar refractivity (Wildman–Crippen MR) is 103 cm³/mol. The first kappa shape index (κ1) is 22.6. The highest BCUT2D eigenvalue weighted by Crippen LogP contribution is 2.37. The van der Waals surface area contributed by atoms with Crippen LogP contribution in [0.5, 0.6) is 0 Å². The van der Waals surface area contributed by atoms with E-state index in [0.717, 1.165) is 18.6 Å². The summed E-state index contributed by atoms with van der Waals surface area (Å²) < 4.78 is 71.2. The number of nitrogens with zero attached hydrogens (tertiary/aromatic N) is 1. The fourth-order valence-electron chi connectivity index (χ4n) is 3.93. The SMILES string of the molecule is CC(C)OCCOC1CCOC2(CCN(S(=O)(=O)c3cc(F)cc(F)c3)CC2)C1. The summed E-state index contributed by atoms with van der Waals surface area (Å²) in [5.74, 6) is -1.82. The molecular weight excluding hydrogens is 404 g/mol. The Morgan fingerprint density at radius 2 is 1.83 bits per heavy atom. The molecule has 29 heavy (non-hydrogen) atoms. The summed E-state index contributed by atoms with van der Waals surface area (Å²) >= 11 is 0. The molecule has 0 aliphatic carbocycles. The van der Waals surface area contributed by atoms with Crippen LogP contribution >= 0.6 is 0 Å². The Hall–Kier alpha value is -1.13. The standard InChI is InChI=1S/C20H29F2NO5S/c1-15(2)26-9-10-27-18-3-8-28-20(14-18)4-6-23(7-5-20)29(24,25)19-12-16(21)11-17(22)13-19/h11-13,15,18H,3-10,14H2,1-2H3. The molecule has 3 rings (SSSR count). The molecule has 1 atom stereocenters. The van der Waals surface area contributed by atoms with Crippen molar-refractivity contribution in [3.8, 4) is 0 Å². The highest BCUT2D eigenvalue weighted by molar-refractivity contribution is 7.89. The number of ether oxygens (including phenoxy) is 3. The lowest BCUT2D eigenvalue weighted by molar-refractivity contribution is -0.154. The predicted octanol–water partition coefficient (Wildman–Crippen LogP) is 3.11. The molecule has 1 unspecified atom stereocenters. The van der Waals surface area contributed by atoms with Gasteiger partial charge in [0.05, 0.1) is 35.9 Å². The molecule has 2 aliphatic heterocycles. The van der Waals surface area contributed by atoms with Gasteiger partial charge in [-0.25, -0.2) is 17.2 Å². The molecule has 1 aromatic carbocycles. The maximum absolute atomic E-state index is 13.5. The average Bonchev–Trinajstić information content (AvgIpc) is 2.65. The third-order valence-electron chi connectivity index (χ3n) is 5.44. The summed E-state index contributed by atoms with van der Waals surface area (Å²) in [7, 11) is -3.95. The number of benzene rings is 1. The fraction of sp³-hybridized carbons (Fsp3) is 0.700. The van der Waals surface area contributed by atoms with Gasteiger partial charge in [0.1, 0.15) is 11.6 Å². The lowest BCUT2D eigenvalue weighted by Gasteiger charge is -2.45. The number of rotatable bonds is 7. The second-order valence-electron chi connectivity index (χ2n) is 7.95. The van der Waals surface area contributed by atoms with Gasteiger partial charge in [0.15, 0.2) is 0 Å². The van der Waals surface area contributed by atoms with E-state index in [1.807, 2.05) is 13.8 Å². The zero-order valence-electron chi connectivity index (χ0n) is 16.9. The summed E-state index contributed by atoms with van der Waals surface area (Å²) in [5, 5.41) is 0. The first-order chi connectivity index (χ1) is 13.7. The first-order valence-corrected chi connectivity index (χ1v) is 11.5. The summed E-state index contributed by atoms with van der Waals surface area (Å²) in [4.78, 5) is -0.359. The smallest absolute Gasteiger partial charge is 0.243 e. The van der Waals surface area contributed by atoms with Crippen molar-refractivity contribution in [2.24, 2.45) is 0 Å². The highest BCUT2D eigenvalue weighted by Gasteiger charge is 2.43. The number of sulfonamides is 1. The minimum Gasteiger partial charge on any atom is -0.376 e. The highest BCUT2D eigenvalue weighted by atomic mass is 32.2. The van der Waals surface area contributed by atoms with Crippen molar-refractivity contribution in [1.29, 1.82) is 0 Å². The molecule has 1 spiro atoms. The lowest BCUT2D eigenvalue weighted by atomic mass is 9.84. The third kappa shape index (κ3) is 5.73. The molecule has 0 bridgehead atoms. The van der Waals surface area contributed by atoms with Crippen LogP contribution in [-0.4, -0.2) is 63.4 Å². The van der Waals surface area contributed by atoms with Gasteiger partial charge >= 0.3 is 0 Å². The van der Waals surface area contributed by atoms with Crippen LogP contribution in [0.2, 0.25) is 0 Å². The Kier molecular flexibility index (Phi) is 7.27. The van der Waals surface area contributed by atoms with Crippen molar-refractivity contribution in [2.45, 2.75) is 62.2 Å². The Labute approximate surface area is 171 Å².